The maximum Gasteiger partial charge on any atom is 0.0626 e. The highest BCUT2D eigenvalue weighted by molar-refractivity contribution is 5.47. The van der Waals surface area contributed by atoms with E-state index in [9.17, 15) is 0 Å². The van der Waals surface area contributed by atoms with Crippen LogP contribution in [0, 0.1) is 0 Å². The zero-order valence-corrected chi connectivity index (χ0v) is 6.75. The molecule has 0 aliphatic carbocycles. The molecule has 1 aromatic rings. The quantitative estimate of drug-likeness (QED) is 0.527. The van der Waals surface area contributed by atoms with Crippen molar-refractivity contribution in [2.45, 2.75) is 12.6 Å². The van der Waals surface area contributed by atoms with Gasteiger partial charge >= 0.3 is 0 Å². The summed E-state index contributed by atoms with van der Waals surface area (Å²) < 4.78 is 0. The molecule has 2 rings (SSSR count). The van der Waals surface area contributed by atoms with E-state index in [0.29, 0.717) is 0 Å². The number of nitrogens with two attached hydrogens (primary N) is 1. The second kappa shape index (κ2) is 2.77. The van der Waals surface area contributed by atoms with Gasteiger partial charge in [-0.2, -0.15) is 0 Å². The largest absolute Gasteiger partial charge is 0.399 e. The summed E-state index contributed by atoms with van der Waals surface area (Å²) >= 11 is 0. The van der Waals surface area contributed by atoms with E-state index in [-0.39, 0.29) is 12.6 Å². The predicted molar refractivity (Wildman–Crippen MR) is 47.5 cm³/mol. The molecule has 0 bridgehead atoms. The first-order valence-corrected chi connectivity index (χ1v) is 4.04. The van der Waals surface area contributed by atoms with Gasteiger partial charge in [0.25, 0.3) is 0 Å². The standard InChI is InChI=1S/C9H12N2O/c10-7-1-2-8-6(3-7)4-11-9(8)5-12/h1-3,9,11-12H,4-5,10H2. The van der Waals surface area contributed by atoms with Crippen LogP contribution >= 0.6 is 0 Å². The lowest BCUT2D eigenvalue weighted by molar-refractivity contribution is 0.251. The minimum absolute atomic E-state index is 0.0978. The van der Waals surface area contributed by atoms with E-state index in [2.05, 4.69) is 5.32 Å². The molecule has 1 unspecified atom stereocenters. The third kappa shape index (κ3) is 1.07. The van der Waals surface area contributed by atoms with Crippen LogP contribution in [0.2, 0.25) is 0 Å². The normalized spacial score (nSPS) is 20.9. The van der Waals surface area contributed by atoms with Gasteiger partial charge in [0.05, 0.1) is 12.6 Å². The lowest BCUT2D eigenvalue weighted by Gasteiger charge is -2.07. The van der Waals surface area contributed by atoms with Gasteiger partial charge < -0.3 is 16.2 Å². The van der Waals surface area contributed by atoms with Gasteiger partial charge in [-0.25, -0.2) is 0 Å². The summed E-state index contributed by atoms with van der Waals surface area (Å²) in [7, 11) is 0. The van der Waals surface area contributed by atoms with Gasteiger partial charge in [-0.1, -0.05) is 6.07 Å². The second-order valence-electron chi connectivity index (χ2n) is 3.07. The number of aliphatic hydroxyl groups is 1. The molecule has 1 aliphatic heterocycles. The second-order valence-corrected chi connectivity index (χ2v) is 3.07. The van der Waals surface area contributed by atoms with Crippen molar-refractivity contribution in [3.63, 3.8) is 0 Å². The number of benzene rings is 1. The van der Waals surface area contributed by atoms with Gasteiger partial charge in [0.1, 0.15) is 0 Å². The highest BCUT2D eigenvalue weighted by Crippen LogP contribution is 2.26. The van der Waals surface area contributed by atoms with Crippen LogP contribution in [0.1, 0.15) is 17.2 Å². The van der Waals surface area contributed by atoms with Crippen molar-refractivity contribution in [2.75, 3.05) is 12.3 Å². The summed E-state index contributed by atoms with van der Waals surface area (Å²) in [5.74, 6) is 0. The Hall–Kier alpha value is -1.06. The van der Waals surface area contributed by atoms with Crippen LogP contribution in [-0.4, -0.2) is 11.7 Å². The molecule has 0 radical (unpaired) electrons. The summed E-state index contributed by atoms with van der Waals surface area (Å²) in [4.78, 5) is 0. The third-order valence-corrected chi connectivity index (χ3v) is 2.26. The Labute approximate surface area is 71.2 Å². The molecule has 1 aromatic carbocycles. The molecule has 3 nitrogen and oxygen atoms in total. The van der Waals surface area contributed by atoms with Crippen LogP contribution in [0.4, 0.5) is 5.69 Å². The van der Waals surface area contributed by atoms with Crippen molar-refractivity contribution in [1.82, 2.24) is 5.32 Å². The molecule has 0 aromatic heterocycles. The fourth-order valence-corrected chi connectivity index (χ4v) is 1.62. The minimum atomic E-state index is 0.0978. The summed E-state index contributed by atoms with van der Waals surface area (Å²) in [5.41, 5.74) is 8.79. The Balaban J connectivity index is 2.40. The number of nitrogens with one attached hydrogen (secondary N) is 1. The van der Waals surface area contributed by atoms with Crippen molar-refractivity contribution >= 4 is 5.69 Å². The van der Waals surface area contributed by atoms with E-state index in [1.807, 2.05) is 18.2 Å². The Morgan fingerprint density at radius 2 is 2.42 bits per heavy atom. The smallest absolute Gasteiger partial charge is 0.0626 e. The van der Waals surface area contributed by atoms with Crippen molar-refractivity contribution in [2.24, 2.45) is 0 Å². The summed E-state index contributed by atoms with van der Waals surface area (Å²) in [6.45, 7) is 0.961. The number of aliphatic hydroxyl groups excluding tert-OH is 1. The SMILES string of the molecule is Nc1ccc2c(c1)CNC2CO. The highest BCUT2D eigenvalue weighted by atomic mass is 16.3. The Kier molecular flexibility index (Phi) is 1.75. The number of fused-ring (bicyclic) bond motifs is 1. The van der Waals surface area contributed by atoms with Crippen molar-refractivity contribution < 1.29 is 5.11 Å². The molecule has 0 saturated carbocycles. The van der Waals surface area contributed by atoms with Gasteiger partial charge in [0, 0.05) is 12.2 Å². The van der Waals surface area contributed by atoms with Crippen LogP contribution in [0.3, 0.4) is 0 Å². The number of hydrogen-bond donors (Lipinski definition) is 3. The van der Waals surface area contributed by atoms with Crippen LogP contribution in [-0.2, 0) is 6.54 Å². The lowest BCUT2D eigenvalue weighted by Crippen LogP contribution is -2.15. The number of hydrogen-bond acceptors (Lipinski definition) is 3. The van der Waals surface area contributed by atoms with Crippen molar-refractivity contribution in [1.29, 1.82) is 0 Å². The lowest BCUT2D eigenvalue weighted by atomic mass is 10.1. The number of nitrogen functional groups attached to an aromatic ring is 1. The molecule has 1 heterocycles. The first kappa shape index (κ1) is 7.58. The molecule has 0 amide bonds. The van der Waals surface area contributed by atoms with Gasteiger partial charge in [-0.05, 0) is 23.3 Å². The molecule has 0 spiro atoms. The van der Waals surface area contributed by atoms with Crippen LogP contribution in [0.25, 0.3) is 0 Å². The molecule has 1 atom stereocenters. The highest BCUT2D eigenvalue weighted by Gasteiger charge is 2.20. The molecule has 4 N–H and O–H groups in total. The van der Waals surface area contributed by atoms with E-state index in [1.165, 1.54) is 11.1 Å². The summed E-state index contributed by atoms with van der Waals surface area (Å²) in [6.07, 6.45) is 0. The first-order valence-electron chi connectivity index (χ1n) is 4.04. The number of anilines is 1. The van der Waals surface area contributed by atoms with E-state index >= 15 is 0 Å². The zero-order chi connectivity index (χ0) is 8.55. The Morgan fingerprint density at radius 1 is 1.58 bits per heavy atom. The molecule has 0 fully saturated rings. The molecular weight excluding hydrogens is 152 g/mol. The van der Waals surface area contributed by atoms with E-state index in [4.69, 9.17) is 10.8 Å². The minimum Gasteiger partial charge on any atom is -0.399 e. The fraction of sp³-hybridized carbons (Fsp3) is 0.333. The van der Waals surface area contributed by atoms with Gasteiger partial charge in [-0.3, -0.25) is 0 Å². The van der Waals surface area contributed by atoms with Gasteiger partial charge in [-0.15, -0.1) is 0 Å². The topological polar surface area (TPSA) is 58.3 Å². The van der Waals surface area contributed by atoms with E-state index in [1.54, 1.807) is 0 Å². The maximum atomic E-state index is 8.99. The molecule has 3 heteroatoms. The zero-order valence-electron chi connectivity index (χ0n) is 6.75. The molecule has 64 valence electrons. The summed E-state index contributed by atoms with van der Waals surface area (Å²) in [6, 6.07) is 5.90. The molecule has 0 saturated heterocycles. The van der Waals surface area contributed by atoms with Crippen LogP contribution < -0.4 is 11.1 Å². The fourth-order valence-electron chi connectivity index (χ4n) is 1.62. The third-order valence-electron chi connectivity index (χ3n) is 2.26. The average molecular weight is 164 g/mol. The molecule has 1 aliphatic rings. The Morgan fingerprint density at radius 3 is 3.17 bits per heavy atom. The molecular formula is C9H12N2O. The molecule has 12 heavy (non-hydrogen) atoms. The maximum absolute atomic E-state index is 8.99. The first-order chi connectivity index (χ1) is 5.81. The Bertz CT molecular complexity index is 299. The van der Waals surface area contributed by atoms with Crippen molar-refractivity contribution in [3.05, 3.63) is 29.3 Å². The van der Waals surface area contributed by atoms with E-state index in [0.717, 1.165) is 12.2 Å². The number of rotatable bonds is 1. The van der Waals surface area contributed by atoms with Gasteiger partial charge in [0.2, 0.25) is 0 Å². The van der Waals surface area contributed by atoms with E-state index < -0.39 is 0 Å². The predicted octanol–water partition coefficient (Wildman–Crippen LogP) is 0.405. The van der Waals surface area contributed by atoms with Gasteiger partial charge in [0.15, 0.2) is 0 Å². The summed E-state index contributed by atoms with van der Waals surface area (Å²) in [5, 5.41) is 12.2. The van der Waals surface area contributed by atoms with Crippen LogP contribution in [0.5, 0.6) is 0 Å². The van der Waals surface area contributed by atoms with Crippen LogP contribution in [0.15, 0.2) is 18.2 Å². The van der Waals surface area contributed by atoms with Crippen molar-refractivity contribution in [3.8, 4) is 0 Å². The monoisotopic (exact) mass is 164 g/mol. The average Bonchev–Trinajstić information content (AvgIpc) is 2.46.